The number of hydrogen-bond donors (Lipinski definition) is 0. The van der Waals surface area contributed by atoms with Crippen LogP contribution in [0.3, 0.4) is 0 Å². The Bertz CT molecular complexity index is 994. The molecule has 1 heterocycles. The Morgan fingerprint density at radius 3 is 2.28 bits per heavy atom. The molecule has 0 radical (unpaired) electrons. The first-order chi connectivity index (χ1) is 13.0. The molecule has 1 aliphatic rings. The highest BCUT2D eigenvalue weighted by Crippen LogP contribution is 2.43. The number of rotatable bonds is 4. The van der Waals surface area contributed by atoms with Gasteiger partial charge < -0.3 is 9.64 Å². The molecule has 1 aliphatic carbocycles. The summed E-state index contributed by atoms with van der Waals surface area (Å²) >= 11 is 0. The lowest BCUT2D eigenvalue weighted by Gasteiger charge is -2.37. The van der Waals surface area contributed by atoms with E-state index in [0.29, 0.717) is 12.1 Å². The van der Waals surface area contributed by atoms with Crippen LogP contribution in [0.2, 0.25) is 0 Å². The first-order valence-corrected chi connectivity index (χ1v) is 9.88. The molecule has 0 saturated carbocycles. The number of halogens is 2. The van der Waals surface area contributed by atoms with Crippen LogP contribution in [-0.4, -0.2) is 24.2 Å². The van der Waals surface area contributed by atoms with Crippen molar-refractivity contribution in [3.05, 3.63) is 53.6 Å². The standard InChI is InChI=1S/C24H28N2O.2BrH/c1-15(2)26(16(3)4)24-20-8-6-7-9-22(20)25-23-19-13-11-18(27-5)14-17(19)10-12-21(23)24;;/h6-9,11,13-16H,10,12H2,1-5H3;2*1H. The summed E-state index contributed by atoms with van der Waals surface area (Å²) in [5.74, 6) is 0.921. The van der Waals surface area contributed by atoms with Gasteiger partial charge in [0.15, 0.2) is 0 Å². The maximum atomic E-state index is 5.43. The van der Waals surface area contributed by atoms with Crippen LogP contribution in [-0.2, 0) is 12.8 Å². The summed E-state index contributed by atoms with van der Waals surface area (Å²) in [6.07, 6.45) is 2.04. The van der Waals surface area contributed by atoms with Gasteiger partial charge in [0.05, 0.1) is 24.0 Å². The number of benzene rings is 2. The maximum absolute atomic E-state index is 5.43. The monoisotopic (exact) mass is 520 g/mol. The molecule has 1 aromatic heterocycles. The topological polar surface area (TPSA) is 25.4 Å². The fourth-order valence-electron chi connectivity index (χ4n) is 4.50. The molecule has 5 heteroatoms. The number of pyridine rings is 1. The predicted molar refractivity (Wildman–Crippen MR) is 135 cm³/mol. The summed E-state index contributed by atoms with van der Waals surface area (Å²) in [6, 6.07) is 15.8. The highest BCUT2D eigenvalue weighted by atomic mass is 79.9. The van der Waals surface area contributed by atoms with Crippen LogP contribution in [0.4, 0.5) is 5.69 Å². The Hall–Kier alpha value is -1.59. The van der Waals surface area contributed by atoms with Gasteiger partial charge in [-0.1, -0.05) is 18.2 Å². The van der Waals surface area contributed by atoms with E-state index in [1.807, 2.05) is 6.07 Å². The molecular formula is C24H30Br2N2O. The first-order valence-electron chi connectivity index (χ1n) is 9.88. The third kappa shape index (κ3) is 4.17. The Kier molecular flexibility index (Phi) is 7.74. The number of ether oxygens (including phenoxy) is 1. The zero-order valence-electron chi connectivity index (χ0n) is 17.7. The van der Waals surface area contributed by atoms with Crippen molar-refractivity contribution in [3.8, 4) is 17.0 Å². The second kappa shape index (κ2) is 9.48. The molecule has 0 amide bonds. The third-order valence-electron chi connectivity index (χ3n) is 5.55. The van der Waals surface area contributed by atoms with Crippen molar-refractivity contribution < 1.29 is 4.74 Å². The summed E-state index contributed by atoms with van der Waals surface area (Å²) in [5, 5.41) is 1.26. The second-order valence-corrected chi connectivity index (χ2v) is 7.92. The lowest BCUT2D eigenvalue weighted by molar-refractivity contribution is 0.414. The van der Waals surface area contributed by atoms with Crippen LogP contribution in [0.5, 0.6) is 5.75 Å². The first kappa shape index (κ1) is 23.7. The zero-order chi connectivity index (χ0) is 19.1. The predicted octanol–water partition coefficient (Wildman–Crippen LogP) is 6.79. The second-order valence-electron chi connectivity index (χ2n) is 7.92. The molecule has 0 unspecified atom stereocenters. The van der Waals surface area contributed by atoms with E-state index in [-0.39, 0.29) is 34.0 Å². The molecule has 0 N–H and O–H groups in total. The Morgan fingerprint density at radius 1 is 0.931 bits per heavy atom. The van der Waals surface area contributed by atoms with Crippen molar-refractivity contribution in [2.75, 3.05) is 12.0 Å². The quantitative estimate of drug-likeness (QED) is 0.378. The smallest absolute Gasteiger partial charge is 0.119 e. The van der Waals surface area contributed by atoms with E-state index in [1.165, 1.54) is 27.8 Å². The summed E-state index contributed by atoms with van der Waals surface area (Å²) in [4.78, 5) is 7.66. The maximum Gasteiger partial charge on any atom is 0.119 e. The molecule has 4 rings (SSSR count). The van der Waals surface area contributed by atoms with Gasteiger partial charge in [-0.2, -0.15) is 0 Å². The number of para-hydroxylation sites is 1. The van der Waals surface area contributed by atoms with Crippen LogP contribution in [0.15, 0.2) is 42.5 Å². The molecule has 156 valence electrons. The summed E-state index contributed by atoms with van der Waals surface area (Å²) in [7, 11) is 1.73. The average molecular weight is 522 g/mol. The fraction of sp³-hybridized carbons (Fsp3) is 0.375. The van der Waals surface area contributed by atoms with Crippen molar-refractivity contribution >= 4 is 50.6 Å². The number of aromatic nitrogens is 1. The summed E-state index contributed by atoms with van der Waals surface area (Å²) in [5.41, 5.74) is 7.53. The van der Waals surface area contributed by atoms with Crippen molar-refractivity contribution in [2.45, 2.75) is 52.6 Å². The highest BCUT2D eigenvalue weighted by molar-refractivity contribution is 8.93. The molecule has 0 atom stereocenters. The molecule has 2 aromatic carbocycles. The molecular weight excluding hydrogens is 492 g/mol. The minimum absolute atomic E-state index is 0. The number of fused-ring (bicyclic) bond motifs is 4. The van der Waals surface area contributed by atoms with Crippen molar-refractivity contribution in [2.24, 2.45) is 0 Å². The lowest BCUT2D eigenvalue weighted by Crippen LogP contribution is -2.38. The minimum Gasteiger partial charge on any atom is -0.497 e. The molecule has 0 spiro atoms. The van der Waals surface area contributed by atoms with Gasteiger partial charge in [0.1, 0.15) is 5.75 Å². The Balaban J connectivity index is 0.00000150. The van der Waals surface area contributed by atoms with Gasteiger partial charge in [-0.05, 0) is 70.4 Å². The van der Waals surface area contributed by atoms with Gasteiger partial charge >= 0.3 is 0 Å². The summed E-state index contributed by atoms with van der Waals surface area (Å²) < 4.78 is 5.43. The van der Waals surface area contributed by atoms with Crippen LogP contribution >= 0.6 is 34.0 Å². The van der Waals surface area contributed by atoms with Gasteiger partial charge in [0, 0.05) is 28.6 Å². The van der Waals surface area contributed by atoms with Gasteiger partial charge in [0.25, 0.3) is 0 Å². The van der Waals surface area contributed by atoms with Crippen LogP contribution in [0, 0.1) is 0 Å². The molecule has 0 saturated heterocycles. The Labute approximate surface area is 195 Å². The third-order valence-corrected chi connectivity index (χ3v) is 5.55. The molecule has 29 heavy (non-hydrogen) atoms. The van der Waals surface area contributed by atoms with Crippen molar-refractivity contribution in [1.82, 2.24) is 4.98 Å². The van der Waals surface area contributed by atoms with Gasteiger partial charge in [0.2, 0.25) is 0 Å². The average Bonchev–Trinajstić information content (AvgIpc) is 2.66. The molecule has 3 nitrogen and oxygen atoms in total. The fourth-order valence-corrected chi connectivity index (χ4v) is 4.50. The van der Waals surface area contributed by atoms with E-state index in [1.54, 1.807) is 7.11 Å². The SMILES string of the molecule is Br.Br.COc1ccc2c(c1)CCc1c-2nc2ccccc2c1N(C(C)C)C(C)C. The van der Waals surface area contributed by atoms with Crippen molar-refractivity contribution in [1.29, 1.82) is 0 Å². The van der Waals surface area contributed by atoms with Crippen molar-refractivity contribution in [3.63, 3.8) is 0 Å². The van der Waals surface area contributed by atoms with E-state index in [9.17, 15) is 0 Å². The number of nitrogens with zero attached hydrogens (tertiary/aromatic N) is 2. The van der Waals surface area contributed by atoms with Crippen LogP contribution in [0.25, 0.3) is 22.2 Å². The highest BCUT2D eigenvalue weighted by Gasteiger charge is 2.27. The van der Waals surface area contributed by atoms with E-state index >= 15 is 0 Å². The molecule has 0 bridgehead atoms. The van der Waals surface area contributed by atoms with Gasteiger partial charge in [-0.25, -0.2) is 4.98 Å². The van der Waals surface area contributed by atoms with Crippen LogP contribution in [0.1, 0.15) is 38.8 Å². The lowest BCUT2D eigenvalue weighted by atomic mass is 9.86. The van der Waals surface area contributed by atoms with E-state index in [4.69, 9.17) is 9.72 Å². The van der Waals surface area contributed by atoms with E-state index in [0.717, 1.165) is 29.8 Å². The normalized spacial score (nSPS) is 12.1. The van der Waals surface area contributed by atoms with Crippen LogP contribution < -0.4 is 9.64 Å². The van der Waals surface area contributed by atoms with Gasteiger partial charge in [-0.3, -0.25) is 0 Å². The molecule has 0 fully saturated rings. The number of anilines is 1. The number of methoxy groups -OCH3 is 1. The number of aryl methyl sites for hydroxylation is 1. The van der Waals surface area contributed by atoms with Gasteiger partial charge in [-0.15, -0.1) is 34.0 Å². The largest absolute Gasteiger partial charge is 0.497 e. The summed E-state index contributed by atoms with van der Waals surface area (Å²) in [6.45, 7) is 9.12. The molecule has 3 aromatic rings. The van der Waals surface area contributed by atoms with E-state index < -0.39 is 0 Å². The van der Waals surface area contributed by atoms with E-state index in [2.05, 4.69) is 69.0 Å². The number of hydrogen-bond acceptors (Lipinski definition) is 3. The zero-order valence-corrected chi connectivity index (χ0v) is 21.2. The minimum atomic E-state index is 0. The molecule has 0 aliphatic heterocycles. The Morgan fingerprint density at radius 2 is 1.62 bits per heavy atom.